The molecule has 3 aromatic carbocycles. The van der Waals surface area contributed by atoms with Crippen LogP contribution < -0.4 is 19.5 Å². The van der Waals surface area contributed by atoms with Crippen molar-refractivity contribution in [3.8, 4) is 28.5 Å². The number of hydrogen-bond acceptors (Lipinski definition) is 10. The van der Waals surface area contributed by atoms with Gasteiger partial charge in [0.2, 0.25) is 6.29 Å². The topological polar surface area (TPSA) is 161 Å². The number of aliphatic carboxylic acids is 1. The highest BCUT2D eigenvalue weighted by molar-refractivity contribution is 5.92. The van der Waals surface area contributed by atoms with E-state index in [-0.39, 0.29) is 11.5 Å². The molecule has 2 aliphatic heterocycles. The Morgan fingerprint density at radius 1 is 0.868 bits per heavy atom. The Bertz CT molecular complexity index is 1750. The maximum Gasteiger partial charge on any atom is 0.229 e. The first kappa shape index (κ1) is 40.0. The van der Waals surface area contributed by atoms with Crippen LogP contribution in [0.1, 0.15) is 51.2 Å². The first-order valence-corrected chi connectivity index (χ1v) is 18.8. The summed E-state index contributed by atoms with van der Waals surface area (Å²) >= 11 is 0. The van der Waals surface area contributed by atoms with Crippen LogP contribution in [0, 0.1) is 6.92 Å². The molecule has 0 amide bonds. The Morgan fingerprint density at radius 3 is 2.11 bits per heavy atom. The Morgan fingerprint density at radius 2 is 1.51 bits per heavy atom. The van der Waals surface area contributed by atoms with E-state index in [1.165, 1.54) is 38.9 Å². The van der Waals surface area contributed by atoms with Crippen LogP contribution in [-0.4, -0.2) is 112 Å². The zero-order valence-electron chi connectivity index (χ0n) is 31.2. The molecule has 3 heterocycles. The van der Waals surface area contributed by atoms with Gasteiger partial charge in [0.25, 0.3) is 0 Å². The normalized spacial score (nSPS) is 22.0. The minimum atomic E-state index is -1.87. The summed E-state index contributed by atoms with van der Waals surface area (Å²) in [4.78, 5) is 15.6. The maximum absolute atomic E-state index is 11.4. The Hall–Kier alpha value is -4.17. The number of carbonyl (C=O) groups excluding carboxylic acids is 1. The number of aromatic hydroxyl groups is 1. The molecule has 0 saturated carbocycles. The van der Waals surface area contributed by atoms with Crippen LogP contribution >= 0.6 is 0 Å². The Kier molecular flexibility index (Phi) is 14.1. The first-order chi connectivity index (χ1) is 25.5. The standard InChI is InChI=1S/C35H40N2O9.C6H15N/c1-21-27-19-26(45-35-32(41)30(39)31(40)33(46-35)34(42)43)13-14-28(27)37(29(21)23-7-9-24(38)10-8-23)20-22-5-11-25(12-6-22)44-18-17-36-15-3-2-4-16-36;1-4-7(5-2)6-3/h5-14,19,30-33,35,38-41H,2-4,15-18,20H2,1H3,(H,42,43);4-6H2,1-3H3/t30-,31-,32+,33-,35+;/m0./s1. The van der Waals surface area contributed by atoms with Crippen LogP contribution in [0.15, 0.2) is 66.7 Å². The van der Waals surface area contributed by atoms with Gasteiger partial charge in [0.15, 0.2) is 0 Å². The predicted octanol–water partition coefficient (Wildman–Crippen LogP) is 2.10. The number of piperidine rings is 1. The molecule has 0 bridgehead atoms. The number of nitrogens with zero attached hydrogens (tertiary/aromatic N) is 2. The molecular weight excluding hydrogens is 678 g/mol. The number of aryl methyl sites for hydroxylation is 1. The molecule has 1 aromatic heterocycles. The van der Waals surface area contributed by atoms with Gasteiger partial charge in [-0.2, -0.15) is 0 Å². The lowest BCUT2D eigenvalue weighted by Crippen LogP contribution is -3.11. The van der Waals surface area contributed by atoms with E-state index in [1.54, 1.807) is 29.2 Å². The second kappa shape index (κ2) is 18.7. The van der Waals surface area contributed by atoms with Gasteiger partial charge in [-0.3, -0.25) is 4.90 Å². The molecule has 288 valence electrons. The lowest BCUT2D eigenvalue weighted by atomic mass is 9.99. The molecule has 0 unspecified atom stereocenters. The first-order valence-electron chi connectivity index (χ1n) is 18.8. The van der Waals surface area contributed by atoms with Gasteiger partial charge in [-0.05, 0) is 125 Å². The monoisotopic (exact) mass is 733 g/mol. The number of aromatic nitrogens is 1. The molecule has 4 aromatic rings. The number of quaternary nitrogens is 1. The molecule has 2 fully saturated rings. The van der Waals surface area contributed by atoms with Gasteiger partial charge < -0.3 is 54.0 Å². The molecule has 12 heteroatoms. The van der Waals surface area contributed by atoms with Gasteiger partial charge in [0.05, 0.1) is 31.3 Å². The summed E-state index contributed by atoms with van der Waals surface area (Å²) in [6.07, 6.45) is -4.99. The van der Waals surface area contributed by atoms with Crippen molar-refractivity contribution < 1.29 is 49.4 Å². The summed E-state index contributed by atoms with van der Waals surface area (Å²) in [6.45, 7) is 16.8. The summed E-state index contributed by atoms with van der Waals surface area (Å²) in [5, 5.41) is 52.8. The number of aliphatic hydroxyl groups is 3. The summed E-state index contributed by atoms with van der Waals surface area (Å²) in [5.41, 5.74) is 4.70. The molecular formula is C41H55N3O9. The van der Waals surface area contributed by atoms with Gasteiger partial charge in [-0.1, -0.05) is 18.6 Å². The van der Waals surface area contributed by atoms with E-state index in [1.807, 2.05) is 49.4 Å². The highest BCUT2D eigenvalue weighted by Gasteiger charge is 2.45. The van der Waals surface area contributed by atoms with E-state index >= 15 is 0 Å². The fraction of sp³-hybridized carbons (Fsp3) is 0.488. The van der Waals surface area contributed by atoms with E-state index in [2.05, 4.69) is 30.2 Å². The molecule has 53 heavy (non-hydrogen) atoms. The van der Waals surface area contributed by atoms with E-state index in [0.717, 1.165) is 58.7 Å². The van der Waals surface area contributed by atoms with Gasteiger partial charge in [0.1, 0.15) is 48.3 Å². The third-order valence-corrected chi connectivity index (χ3v) is 10.4. The van der Waals surface area contributed by atoms with Gasteiger partial charge in [-0.15, -0.1) is 0 Å². The van der Waals surface area contributed by atoms with Crippen LogP contribution in [0.2, 0.25) is 0 Å². The fourth-order valence-corrected chi connectivity index (χ4v) is 7.10. The number of hydrogen-bond donors (Lipinski definition) is 5. The average Bonchev–Trinajstić information content (AvgIpc) is 3.43. The van der Waals surface area contributed by atoms with Crippen molar-refractivity contribution >= 4 is 16.9 Å². The van der Waals surface area contributed by atoms with Crippen LogP contribution in [0.25, 0.3) is 22.2 Å². The van der Waals surface area contributed by atoms with Gasteiger partial charge in [0, 0.05) is 24.0 Å². The van der Waals surface area contributed by atoms with E-state index in [0.29, 0.717) is 13.2 Å². The lowest BCUT2D eigenvalue weighted by molar-refractivity contribution is -0.894. The minimum Gasteiger partial charge on any atom is -0.547 e. The van der Waals surface area contributed by atoms with Crippen molar-refractivity contribution in [1.82, 2.24) is 9.47 Å². The number of rotatable bonds is 13. The van der Waals surface area contributed by atoms with Crippen LogP contribution in [0.4, 0.5) is 0 Å². The molecule has 2 aliphatic rings. The minimum absolute atomic E-state index is 0.156. The number of likely N-dealkylation sites (tertiary alicyclic amines) is 1. The van der Waals surface area contributed by atoms with E-state index < -0.39 is 36.7 Å². The van der Waals surface area contributed by atoms with Crippen LogP contribution in [0.5, 0.6) is 17.2 Å². The highest BCUT2D eigenvalue weighted by atomic mass is 16.7. The van der Waals surface area contributed by atoms with Gasteiger partial charge >= 0.3 is 0 Å². The number of carboxylic acids is 1. The van der Waals surface area contributed by atoms with Crippen LogP contribution in [-0.2, 0) is 16.1 Å². The fourth-order valence-electron chi connectivity index (χ4n) is 7.10. The van der Waals surface area contributed by atoms with Crippen molar-refractivity contribution in [2.75, 3.05) is 45.9 Å². The quantitative estimate of drug-likeness (QED) is 0.138. The Labute approximate surface area is 311 Å². The molecule has 12 nitrogen and oxygen atoms in total. The number of nitrogens with one attached hydrogen (secondary N) is 1. The lowest BCUT2D eigenvalue weighted by Gasteiger charge is -2.40. The second-order valence-corrected chi connectivity index (χ2v) is 13.8. The van der Waals surface area contributed by atoms with Crippen molar-refractivity contribution in [1.29, 1.82) is 0 Å². The largest absolute Gasteiger partial charge is 0.547 e. The van der Waals surface area contributed by atoms with E-state index in [4.69, 9.17) is 14.2 Å². The predicted molar refractivity (Wildman–Crippen MR) is 200 cm³/mol. The van der Waals surface area contributed by atoms with Gasteiger partial charge in [-0.25, -0.2) is 0 Å². The average molecular weight is 734 g/mol. The molecule has 0 spiro atoms. The van der Waals surface area contributed by atoms with Crippen molar-refractivity contribution in [3.63, 3.8) is 0 Å². The summed E-state index contributed by atoms with van der Waals surface area (Å²) in [6, 6.07) is 20.3. The summed E-state index contributed by atoms with van der Waals surface area (Å²) in [5.74, 6) is -0.490. The third kappa shape index (κ3) is 9.88. The number of ether oxygens (including phenoxy) is 3. The molecule has 0 radical (unpaired) electrons. The van der Waals surface area contributed by atoms with Crippen molar-refractivity contribution in [3.05, 3.63) is 77.9 Å². The molecule has 5 N–H and O–H groups in total. The van der Waals surface area contributed by atoms with Crippen molar-refractivity contribution in [2.24, 2.45) is 0 Å². The number of carboxylic acid groups (broad SMARTS) is 1. The Balaban J connectivity index is 0.000000705. The molecule has 5 atom stereocenters. The maximum atomic E-state index is 11.4. The summed E-state index contributed by atoms with van der Waals surface area (Å²) in [7, 11) is 0. The third-order valence-electron chi connectivity index (χ3n) is 10.4. The second-order valence-electron chi connectivity index (χ2n) is 13.8. The zero-order chi connectivity index (χ0) is 38.1. The number of benzene rings is 3. The molecule has 2 saturated heterocycles. The number of carbonyl (C=O) groups is 1. The smallest absolute Gasteiger partial charge is 0.229 e. The zero-order valence-corrected chi connectivity index (χ0v) is 31.2. The number of phenolic OH excluding ortho intramolecular Hbond substituents is 1. The SMILES string of the molecule is CC[NH+](CC)CC.Cc1c(-c2ccc(O)cc2)n(Cc2ccc(OCCN3CCCCC3)cc2)c2ccc(O[C@@H]3O[C@H](C(=O)[O-])[C@@H](O)[C@H](O)[C@H]3O)cc12. The number of phenols is 1. The molecule has 6 rings (SSSR count). The summed E-state index contributed by atoms with van der Waals surface area (Å²) < 4.78 is 19.3. The van der Waals surface area contributed by atoms with Crippen molar-refractivity contribution in [2.45, 2.75) is 84.2 Å². The van der Waals surface area contributed by atoms with E-state index in [9.17, 15) is 30.3 Å². The highest BCUT2D eigenvalue weighted by Crippen LogP contribution is 2.37. The number of fused-ring (bicyclic) bond motifs is 1. The molecule has 0 aliphatic carbocycles. The number of aliphatic hydroxyl groups excluding tert-OH is 3. The van der Waals surface area contributed by atoms with Crippen LogP contribution in [0.3, 0.4) is 0 Å².